The number of esters is 1. The monoisotopic (exact) mass is 576 g/mol. The van der Waals surface area contributed by atoms with Gasteiger partial charge in [-0.05, 0) is 46.0 Å². The molecule has 0 aliphatic carbocycles. The molecular formula is C31H48N2O8. The maximum Gasteiger partial charge on any atom is 0.303 e. The molecule has 3 heterocycles. The van der Waals surface area contributed by atoms with Crippen LogP contribution < -0.4 is 10.6 Å². The number of rotatable bonds is 12. The van der Waals surface area contributed by atoms with Crippen molar-refractivity contribution >= 4 is 17.8 Å². The van der Waals surface area contributed by atoms with Gasteiger partial charge in [-0.2, -0.15) is 0 Å². The lowest BCUT2D eigenvalue weighted by molar-refractivity contribution is -0.179. The van der Waals surface area contributed by atoms with Gasteiger partial charge in [0.2, 0.25) is 11.8 Å². The lowest BCUT2D eigenvalue weighted by Gasteiger charge is -2.39. The van der Waals surface area contributed by atoms with Gasteiger partial charge in [0, 0.05) is 26.0 Å². The fourth-order valence-electron chi connectivity index (χ4n) is 5.47. The summed E-state index contributed by atoms with van der Waals surface area (Å²) >= 11 is 0. The minimum atomic E-state index is -0.674. The summed E-state index contributed by atoms with van der Waals surface area (Å²) in [5.74, 6) is -0.473. The normalized spacial score (nSPS) is 34.5. The van der Waals surface area contributed by atoms with Gasteiger partial charge in [-0.1, -0.05) is 43.7 Å². The van der Waals surface area contributed by atoms with Gasteiger partial charge in [0.25, 0.3) is 0 Å². The van der Waals surface area contributed by atoms with Gasteiger partial charge < -0.3 is 34.7 Å². The lowest BCUT2D eigenvalue weighted by Crippen LogP contribution is -2.52. The molecule has 3 saturated heterocycles. The number of ether oxygens (including phenoxy) is 4. The van der Waals surface area contributed by atoms with Gasteiger partial charge in [0.05, 0.1) is 43.5 Å². The maximum atomic E-state index is 12.4. The molecule has 3 aliphatic rings. The van der Waals surface area contributed by atoms with Crippen molar-refractivity contribution in [1.82, 2.24) is 10.6 Å². The predicted molar refractivity (Wildman–Crippen MR) is 154 cm³/mol. The van der Waals surface area contributed by atoms with E-state index in [1.54, 1.807) is 6.92 Å². The third-order valence-electron chi connectivity index (χ3n) is 7.82. The molecule has 1 spiro atoms. The number of carbonyl (C=O) groups is 3. The number of allylic oxidation sites excluding steroid dienone is 2. The Morgan fingerprint density at radius 2 is 1.90 bits per heavy atom. The molecule has 0 aromatic carbocycles. The first-order valence-electron chi connectivity index (χ1n) is 14.8. The lowest BCUT2D eigenvalue weighted by atomic mass is 9.87. The first-order chi connectivity index (χ1) is 19.4. The van der Waals surface area contributed by atoms with Crippen LogP contribution in [0.4, 0.5) is 0 Å². The van der Waals surface area contributed by atoms with E-state index in [9.17, 15) is 19.5 Å². The Kier molecular flexibility index (Phi) is 12.1. The van der Waals surface area contributed by atoms with Crippen LogP contribution in [0.1, 0.15) is 73.6 Å². The van der Waals surface area contributed by atoms with E-state index in [1.807, 2.05) is 32.9 Å². The van der Waals surface area contributed by atoms with Crippen LogP contribution in [-0.4, -0.2) is 84.3 Å². The summed E-state index contributed by atoms with van der Waals surface area (Å²) < 4.78 is 24.0. The average molecular weight is 577 g/mol. The molecule has 0 aromatic heterocycles. The van der Waals surface area contributed by atoms with E-state index < -0.39 is 29.9 Å². The van der Waals surface area contributed by atoms with Crippen LogP contribution >= 0.6 is 0 Å². The topological polar surface area (TPSA) is 136 Å². The quantitative estimate of drug-likeness (QED) is 0.140. The van der Waals surface area contributed by atoms with Crippen LogP contribution in [0.3, 0.4) is 0 Å². The van der Waals surface area contributed by atoms with Gasteiger partial charge in [0.15, 0.2) is 6.10 Å². The number of aliphatic hydroxyl groups is 1. The maximum absolute atomic E-state index is 12.4. The third kappa shape index (κ3) is 10.1. The van der Waals surface area contributed by atoms with E-state index in [4.69, 9.17) is 18.9 Å². The number of amides is 2. The van der Waals surface area contributed by atoms with E-state index in [0.717, 1.165) is 18.4 Å². The van der Waals surface area contributed by atoms with Crippen LogP contribution in [0.15, 0.2) is 36.0 Å². The molecule has 2 amide bonds. The molecule has 0 unspecified atom stereocenters. The van der Waals surface area contributed by atoms with Crippen molar-refractivity contribution in [3.05, 3.63) is 36.0 Å². The minimum absolute atomic E-state index is 0.00313. The number of nitrogens with one attached hydrogen (secondary N) is 2. The fraction of sp³-hybridized carbons (Fsp3) is 0.710. The second kappa shape index (κ2) is 15.1. The molecule has 230 valence electrons. The number of epoxide rings is 1. The highest BCUT2D eigenvalue weighted by Crippen LogP contribution is 2.45. The van der Waals surface area contributed by atoms with Crippen LogP contribution in [0, 0.1) is 5.92 Å². The molecule has 3 fully saturated rings. The molecule has 10 heteroatoms. The molecule has 0 aromatic rings. The van der Waals surface area contributed by atoms with E-state index in [0.29, 0.717) is 26.0 Å². The summed E-state index contributed by atoms with van der Waals surface area (Å²) in [6.45, 7) is 12.1. The van der Waals surface area contributed by atoms with Crippen molar-refractivity contribution in [3.63, 3.8) is 0 Å². The van der Waals surface area contributed by atoms with E-state index in [1.165, 1.54) is 19.1 Å². The van der Waals surface area contributed by atoms with E-state index in [-0.39, 0.29) is 48.5 Å². The van der Waals surface area contributed by atoms with Crippen molar-refractivity contribution in [2.75, 3.05) is 13.2 Å². The number of hydrogen-bond donors (Lipinski definition) is 3. The van der Waals surface area contributed by atoms with Gasteiger partial charge in [-0.15, -0.1) is 0 Å². The Hall–Kier alpha value is -2.53. The zero-order chi connectivity index (χ0) is 30.2. The Balaban J connectivity index is 1.60. The molecule has 9 atom stereocenters. The fourth-order valence-corrected chi connectivity index (χ4v) is 5.47. The highest BCUT2D eigenvalue weighted by molar-refractivity contribution is 5.87. The molecule has 41 heavy (non-hydrogen) atoms. The second-order valence-corrected chi connectivity index (χ2v) is 11.7. The Labute approximate surface area is 243 Å². The van der Waals surface area contributed by atoms with Crippen molar-refractivity contribution in [2.24, 2.45) is 5.92 Å². The zero-order valence-electron chi connectivity index (χ0n) is 25.3. The number of aliphatic hydroxyl groups excluding tert-OH is 1. The van der Waals surface area contributed by atoms with Crippen molar-refractivity contribution < 1.29 is 38.4 Å². The Morgan fingerprint density at radius 3 is 2.54 bits per heavy atom. The van der Waals surface area contributed by atoms with Gasteiger partial charge in [-0.25, -0.2) is 0 Å². The van der Waals surface area contributed by atoms with Crippen molar-refractivity contribution in [1.29, 1.82) is 0 Å². The van der Waals surface area contributed by atoms with E-state index in [2.05, 4.69) is 23.6 Å². The first-order valence-corrected chi connectivity index (χ1v) is 14.8. The highest BCUT2D eigenvalue weighted by atomic mass is 16.7. The van der Waals surface area contributed by atoms with Gasteiger partial charge in [0.1, 0.15) is 11.7 Å². The summed E-state index contributed by atoms with van der Waals surface area (Å²) in [5, 5.41) is 15.2. The van der Waals surface area contributed by atoms with Crippen molar-refractivity contribution in [2.45, 2.75) is 122 Å². The molecule has 0 saturated carbocycles. The highest BCUT2D eigenvalue weighted by Gasteiger charge is 2.60. The molecular weight excluding hydrogens is 528 g/mol. The van der Waals surface area contributed by atoms with Crippen molar-refractivity contribution in [3.8, 4) is 0 Å². The smallest absolute Gasteiger partial charge is 0.303 e. The van der Waals surface area contributed by atoms with E-state index >= 15 is 0 Å². The summed E-state index contributed by atoms with van der Waals surface area (Å²) in [6, 6.07) is -0.104. The molecule has 3 rings (SSSR count). The summed E-state index contributed by atoms with van der Waals surface area (Å²) in [4.78, 5) is 36.4. The van der Waals surface area contributed by atoms with Crippen LogP contribution in [-0.2, 0) is 33.3 Å². The van der Waals surface area contributed by atoms with Gasteiger partial charge in [-0.3, -0.25) is 14.4 Å². The summed E-state index contributed by atoms with van der Waals surface area (Å²) in [5.41, 5.74) is 0.386. The second-order valence-electron chi connectivity index (χ2n) is 11.7. The van der Waals surface area contributed by atoms with Crippen LogP contribution in [0.25, 0.3) is 0 Å². The van der Waals surface area contributed by atoms with Crippen LogP contribution in [0.2, 0.25) is 0 Å². The number of hydrogen-bond acceptors (Lipinski definition) is 8. The Bertz CT molecular complexity index is 1000. The molecule has 3 aliphatic heterocycles. The number of carbonyl (C=O) groups excluding carboxylic acids is 3. The SMILES string of the molecule is CCCNC(=O)C[C@@H]1C[C@@]2(CO2)[C@H](OC(C)=O)[C@@H](C=CC(C)=CC[C@@H]2O[C@H](C)[C@H](NC(=O)C=C[C@H](C)O)C[C@@H]2C)O1. The molecule has 0 bridgehead atoms. The van der Waals surface area contributed by atoms with Gasteiger partial charge >= 0.3 is 5.97 Å². The predicted octanol–water partition coefficient (Wildman–Crippen LogP) is 2.89. The minimum Gasteiger partial charge on any atom is -0.456 e. The average Bonchev–Trinajstić information content (AvgIpc) is 3.67. The Morgan fingerprint density at radius 1 is 1.17 bits per heavy atom. The molecule has 3 N–H and O–H groups in total. The van der Waals surface area contributed by atoms with Crippen LogP contribution in [0.5, 0.6) is 0 Å². The molecule has 10 nitrogen and oxygen atoms in total. The molecule has 0 radical (unpaired) electrons. The first kappa shape index (κ1) is 33.0. The zero-order valence-corrected chi connectivity index (χ0v) is 25.3. The standard InChI is InChI=1S/C31H48N2O8/c1-7-14-32-29(37)16-24-17-31(18-38-31)30(40-23(6)35)27(41-24)12-9-19(2)8-11-26-20(3)15-25(22(5)39-26)33-28(36)13-10-21(4)34/h8-10,12-13,20-22,24-27,30,34H,7,11,14-18H2,1-6H3,(H,32,37)(H,33,36)/t20-,21-,22+,24+,25+,26-,27+,30+,31+/m0/s1. The summed E-state index contributed by atoms with van der Waals surface area (Å²) in [6.07, 6.45) is 9.55. The largest absolute Gasteiger partial charge is 0.456 e. The summed E-state index contributed by atoms with van der Waals surface area (Å²) in [7, 11) is 0. The third-order valence-corrected chi connectivity index (χ3v) is 7.82.